The number of thioether (sulfide) groups is 1. The lowest BCUT2D eigenvalue weighted by Gasteiger charge is -2.19. The van der Waals surface area contributed by atoms with E-state index in [-0.39, 0.29) is 34.5 Å². The molecule has 1 aliphatic heterocycles. The standard InChI is InChI=1S/C19H26N4O3S2/c1-19(2,3)14-5-7-15(8-6-14)20-16(24)11-27-18-22-21-17(23(18)4)13-9-10-28(25,26)12-13/h5-8,13H,9-12H2,1-4H3,(H,20,24). The summed E-state index contributed by atoms with van der Waals surface area (Å²) in [5.41, 5.74) is 2.04. The normalized spacial score (nSPS) is 18.9. The maximum atomic E-state index is 12.3. The summed E-state index contributed by atoms with van der Waals surface area (Å²) in [5, 5.41) is 11.8. The molecule has 152 valence electrons. The van der Waals surface area contributed by atoms with E-state index in [9.17, 15) is 13.2 Å². The molecule has 1 fully saturated rings. The monoisotopic (exact) mass is 422 g/mol. The van der Waals surface area contributed by atoms with Crippen LogP contribution in [0.25, 0.3) is 0 Å². The van der Waals surface area contributed by atoms with Crippen LogP contribution in [0.2, 0.25) is 0 Å². The summed E-state index contributed by atoms with van der Waals surface area (Å²) < 4.78 is 25.2. The molecule has 1 aromatic heterocycles. The first kappa shape index (κ1) is 20.9. The number of hydrogen-bond donors (Lipinski definition) is 1. The van der Waals surface area contributed by atoms with Crippen LogP contribution in [0, 0.1) is 0 Å². The van der Waals surface area contributed by atoms with Gasteiger partial charge in [-0.25, -0.2) is 8.42 Å². The van der Waals surface area contributed by atoms with Crippen LogP contribution in [0.5, 0.6) is 0 Å². The van der Waals surface area contributed by atoms with Crippen molar-refractivity contribution in [3.8, 4) is 0 Å². The number of rotatable bonds is 5. The number of aromatic nitrogens is 3. The molecule has 1 N–H and O–H groups in total. The molecule has 1 atom stereocenters. The largest absolute Gasteiger partial charge is 0.325 e. The van der Waals surface area contributed by atoms with Crippen molar-refractivity contribution < 1.29 is 13.2 Å². The second-order valence-electron chi connectivity index (χ2n) is 8.16. The van der Waals surface area contributed by atoms with E-state index in [1.54, 1.807) is 4.57 Å². The Hall–Kier alpha value is -1.87. The van der Waals surface area contributed by atoms with Gasteiger partial charge in [0.2, 0.25) is 5.91 Å². The maximum absolute atomic E-state index is 12.3. The first-order chi connectivity index (χ1) is 13.0. The predicted molar refractivity (Wildman–Crippen MR) is 112 cm³/mol. The average Bonchev–Trinajstić information content (AvgIpc) is 3.14. The summed E-state index contributed by atoms with van der Waals surface area (Å²) >= 11 is 1.29. The van der Waals surface area contributed by atoms with Gasteiger partial charge in [0.25, 0.3) is 0 Å². The molecule has 0 spiro atoms. The Morgan fingerprint density at radius 1 is 1.25 bits per heavy atom. The van der Waals surface area contributed by atoms with Crippen molar-refractivity contribution >= 4 is 33.2 Å². The Labute approximate surface area is 170 Å². The number of nitrogens with zero attached hydrogens (tertiary/aromatic N) is 3. The second-order valence-corrected chi connectivity index (χ2v) is 11.3. The number of carbonyl (C=O) groups is 1. The lowest BCUT2D eigenvalue weighted by Crippen LogP contribution is -2.15. The first-order valence-corrected chi connectivity index (χ1v) is 12.0. The molecule has 1 saturated heterocycles. The fourth-order valence-corrected chi connectivity index (χ4v) is 5.64. The summed E-state index contributed by atoms with van der Waals surface area (Å²) in [6.07, 6.45) is 0.573. The van der Waals surface area contributed by atoms with Crippen molar-refractivity contribution in [3.05, 3.63) is 35.7 Å². The van der Waals surface area contributed by atoms with Crippen LogP contribution in [0.3, 0.4) is 0 Å². The maximum Gasteiger partial charge on any atom is 0.234 e. The molecule has 0 aliphatic carbocycles. The molecule has 1 unspecified atom stereocenters. The highest BCUT2D eigenvalue weighted by Gasteiger charge is 2.32. The van der Waals surface area contributed by atoms with Gasteiger partial charge in [0.1, 0.15) is 5.82 Å². The SMILES string of the molecule is Cn1c(SCC(=O)Nc2ccc(C(C)(C)C)cc2)nnc1C1CCS(=O)(=O)C1. The molecular weight excluding hydrogens is 396 g/mol. The van der Waals surface area contributed by atoms with Crippen LogP contribution in [0.1, 0.15) is 44.5 Å². The number of nitrogens with one attached hydrogen (secondary N) is 1. The summed E-state index contributed by atoms with van der Waals surface area (Å²) in [6.45, 7) is 6.44. The predicted octanol–water partition coefficient (Wildman–Crippen LogP) is 2.75. The molecule has 2 aromatic rings. The summed E-state index contributed by atoms with van der Waals surface area (Å²) in [5.74, 6) is 0.948. The van der Waals surface area contributed by atoms with Crippen LogP contribution < -0.4 is 5.32 Å². The van der Waals surface area contributed by atoms with Gasteiger partial charge in [-0.2, -0.15) is 0 Å². The smallest absolute Gasteiger partial charge is 0.234 e. The molecule has 3 rings (SSSR count). The third-order valence-electron chi connectivity index (χ3n) is 4.83. The zero-order valence-electron chi connectivity index (χ0n) is 16.6. The van der Waals surface area contributed by atoms with Gasteiger partial charge >= 0.3 is 0 Å². The Kier molecular flexibility index (Phi) is 5.86. The van der Waals surface area contributed by atoms with Gasteiger partial charge in [-0.3, -0.25) is 4.79 Å². The van der Waals surface area contributed by atoms with Crippen molar-refractivity contribution in [2.45, 2.75) is 43.7 Å². The molecular formula is C19H26N4O3S2. The third-order valence-corrected chi connectivity index (χ3v) is 7.62. The molecule has 0 bridgehead atoms. The van der Waals surface area contributed by atoms with E-state index in [0.717, 1.165) is 5.69 Å². The highest BCUT2D eigenvalue weighted by molar-refractivity contribution is 7.99. The van der Waals surface area contributed by atoms with E-state index in [0.29, 0.717) is 17.4 Å². The van der Waals surface area contributed by atoms with E-state index in [1.807, 2.05) is 31.3 Å². The van der Waals surface area contributed by atoms with E-state index in [2.05, 4.69) is 36.3 Å². The van der Waals surface area contributed by atoms with Crippen LogP contribution in [-0.2, 0) is 27.1 Å². The van der Waals surface area contributed by atoms with Crippen molar-refractivity contribution in [3.63, 3.8) is 0 Å². The molecule has 0 saturated carbocycles. The molecule has 1 aliphatic rings. The molecule has 28 heavy (non-hydrogen) atoms. The topological polar surface area (TPSA) is 93.9 Å². The minimum atomic E-state index is -2.98. The zero-order chi connectivity index (χ0) is 20.5. The lowest BCUT2D eigenvalue weighted by molar-refractivity contribution is -0.113. The van der Waals surface area contributed by atoms with Gasteiger partial charge in [0.15, 0.2) is 15.0 Å². The highest BCUT2D eigenvalue weighted by atomic mass is 32.2. The van der Waals surface area contributed by atoms with E-state index >= 15 is 0 Å². The van der Waals surface area contributed by atoms with Crippen LogP contribution in [-0.4, -0.2) is 46.3 Å². The fraction of sp³-hybridized carbons (Fsp3) is 0.526. The molecule has 9 heteroatoms. The fourth-order valence-electron chi connectivity index (χ4n) is 3.19. The Morgan fingerprint density at radius 3 is 2.50 bits per heavy atom. The number of amides is 1. The van der Waals surface area contributed by atoms with Crippen LogP contribution >= 0.6 is 11.8 Å². The molecule has 0 radical (unpaired) electrons. The number of hydrogen-bond acceptors (Lipinski definition) is 6. The molecule has 7 nitrogen and oxygen atoms in total. The van der Waals surface area contributed by atoms with Crippen molar-refractivity contribution in [2.75, 3.05) is 22.6 Å². The quantitative estimate of drug-likeness (QED) is 0.745. The zero-order valence-corrected chi connectivity index (χ0v) is 18.2. The Morgan fingerprint density at radius 2 is 1.93 bits per heavy atom. The number of sulfone groups is 1. The van der Waals surface area contributed by atoms with Gasteiger partial charge in [-0.1, -0.05) is 44.7 Å². The minimum Gasteiger partial charge on any atom is -0.325 e. The lowest BCUT2D eigenvalue weighted by atomic mass is 9.87. The number of anilines is 1. The third kappa shape index (κ3) is 4.94. The summed E-state index contributed by atoms with van der Waals surface area (Å²) in [7, 11) is -1.16. The summed E-state index contributed by atoms with van der Waals surface area (Å²) in [4.78, 5) is 12.3. The Bertz CT molecular complexity index is 960. The van der Waals surface area contributed by atoms with E-state index in [4.69, 9.17) is 0 Å². The summed E-state index contributed by atoms with van der Waals surface area (Å²) in [6, 6.07) is 7.86. The first-order valence-electron chi connectivity index (χ1n) is 9.18. The minimum absolute atomic E-state index is 0.0694. The van der Waals surface area contributed by atoms with Gasteiger partial charge in [0.05, 0.1) is 17.3 Å². The van der Waals surface area contributed by atoms with Gasteiger partial charge in [-0.15, -0.1) is 10.2 Å². The molecule has 1 aromatic carbocycles. The number of carbonyl (C=O) groups excluding carboxylic acids is 1. The highest BCUT2D eigenvalue weighted by Crippen LogP contribution is 2.29. The van der Waals surface area contributed by atoms with Gasteiger partial charge in [0, 0.05) is 18.7 Å². The second kappa shape index (κ2) is 7.87. The Balaban J connectivity index is 1.56. The van der Waals surface area contributed by atoms with E-state index < -0.39 is 9.84 Å². The molecule has 1 amide bonds. The van der Waals surface area contributed by atoms with Gasteiger partial charge < -0.3 is 9.88 Å². The van der Waals surface area contributed by atoms with Crippen LogP contribution in [0.4, 0.5) is 5.69 Å². The van der Waals surface area contributed by atoms with E-state index in [1.165, 1.54) is 17.3 Å². The van der Waals surface area contributed by atoms with Crippen LogP contribution in [0.15, 0.2) is 29.4 Å². The van der Waals surface area contributed by atoms with Gasteiger partial charge in [-0.05, 0) is 29.5 Å². The average molecular weight is 423 g/mol. The number of benzene rings is 1. The van der Waals surface area contributed by atoms with Crippen molar-refractivity contribution in [1.29, 1.82) is 0 Å². The van der Waals surface area contributed by atoms with Crippen molar-refractivity contribution in [2.24, 2.45) is 7.05 Å². The van der Waals surface area contributed by atoms with Crippen molar-refractivity contribution in [1.82, 2.24) is 14.8 Å². The molecule has 2 heterocycles.